The van der Waals surface area contributed by atoms with Crippen LogP contribution in [0.2, 0.25) is 0 Å². The van der Waals surface area contributed by atoms with Crippen molar-refractivity contribution < 1.29 is 9.53 Å². The number of hydrogen-bond donors (Lipinski definition) is 2. The molecule has 3 N–H and O–H groups in total. The molecule has 0 saturated carbocycles. The van der Waals surface area contributed by atoms with Gasteiger partial charge in [-0.2, -0.15) is 0 Å². The second kappa shape index (κ2) is 12.9. The predicted molar refractivity (Wildman–Crippen MR) is 133 cm³/mol. The van der Waals surface area contributed by atoms with Crippen LogP contribution in [-0.4, -0.2) is 28.6 Å². The minimum absolute atomic E-state index is 0.0187. The van der Waals surface area contributed by atoms with Gasteiger partial charge in [-0.25, -0.2) is 4.79 Å². The topological polar surface area (TPSA) is 110 Å². The number of aromatic nitrogens is 2. The van der Waals surface area contributed by atoms with E-state index in [2.05, 4.69) is 11.9 Å². The van der Waals surface area contributed by atoms with Crippen LogP contribution in [0, 0.1) is 5.92 Å². The fourth-order valence-electron chi connectivity index (χ4n) is 3.47. The normalized spacial score (nSPS) is 11.1. The SMILES string of the molecule is CCCCCOc1ccc(C(=O)N(CCC(C)C)c2c(N)n(CCCC)c(=O)[nH]c2=O)cc1. The zero-order chi connectivity index (χ0) is 24.4. The van der Waals surface area contributed by atoms with Crippen LogP contribution in [0.4, 0.5) is 11.5 Å². The minimum Gasteiger partial charge on any atom is -0.494 e. The molecular formula is C25H38N4O4. The van der Waals surface area contributed by atoms with Gasteiger partial charge in [0.05, 0.1) is 6.61 Å². The first-order valence-corrected chi connectivity index (χ1v) is 12.0. The van der Waals surface area contributed by atoms with Crippen molar-refractivity contribution in [2.45, 2.75) is 72.8 Å². The van der Waals surface area contributed by atoms with Gasteiger partial charge in [0.15, 0.2) is 5.69 Å². The maximum atomic E-state index is 13.5. The second-order valence-corrected chi connectivity index (χ2v) is 8.72. The summed E-state index contributed by atoms with van der Waals surface area (Å²) in [4.78, 5) is 42.3. The third kappa shape index (κ3) is 7.23. The summed E-state index contributed by atoms with van der Waals surface area (Å²) in [5.41, 5.74) is 5.51. The van der Waals surface area contributed by atoms with Crippen LogP contribution in [0.1, 0.15) is 76.6 Å². The van der Waals surface area contributed by atoms with Crippen LogP contribution in [-0.2, 0) is 6.54 Å². The number of carbonyl (C=O) groups is 1. The highest BCUT2D eigenvalue weighted by Crippen LogP contribution is 2.22. The van der Waals surface area contributed by atoms with E-state index in [1.54, 1.807) is 24.3 Å². The second-order valence-electron chi connectivity index (χ2n) is 8.72. The van der Waals surface area contributed by atoms with Crippen molar-refractivity contribution >= 4 is 17.4 Å². The number of nitrogens with zero attached hydrogens (tertiary/aromatic N) is 2. The Hall–Kier alpha value is -3.03. The van der Waals surface area contributed by atoms with E-state index in [0.717, 1.165) is 32.1 Å². The molecular weight excluding hydrogens is 420 g/mol. The Bertz CT molecular complexity index is 1010. The number of unbranched alkanes of at least 4 members (excludes halogenated alkanes) is 3. The Kier molecular flexibility index (Phi) is 10.2. The lowest BCUT2D eigenvalue weighted by Crippen LogP contribution is -2.42. The Morgan fingerprint density at radius 1 is 1.09 bits per heavy atom. The number of nitrogen functional groups attached to an aromatic ring is 1. The van der Waals surface area contributed by atoms with Gasteiger partial charge in [-0.05, 0) is 49.4 Å². The van der Waals surface area contributed by atoms with Gasteiger partial charge < -0.3 is 15.4 Å². The summed E-state index contributed by atoms with van der Waals surface area (Å²) in [6.07, 6.45) is 5.49. The Balaban J connectivity index is 2.38. The largest absolute Gasteiger partial charge is 0.494 e. The van der Waals surface area contributed by atoms with Gasteiger partial charge in [0, 0.05) is 18.7 Å². The third-order valence-electron chi connectivity index (χ3n) is 5.51. The zero-order valence-electron chi connectivity index (χ0n) is 20.4. The molecule has 0 fully saturated rings. The molecule has 0 saturated heterocycles. The molecule has 0 spiro atoms. The molecule has 33 heavy (non-hydrogen) atoms. The van der Waals surface area contributed by atoms with Gasteiger partial charge in [0.25, 0.3) is 11.5 Å². The van der Waals surface area contributed by atoms with Crippen LogP contribution in [0.5, 0.6) is 5.75 Å². The Morgan fingerprint density at radius 2 is 1.76 bits per heavy atom. The molecule has 182 valence electrons. The van der Waals surface area contributed by atoms with Gasteiger partial charge in [-0.1, -0.05) is 47.0 Å². The maximum Gasteiger partial charge on any atom is 0.330 e. The Morgan fingerprint density at radius 3 is 2.36 bits per heavy atom. The highest BCUT2D eigenvalue weighted by molar-refractivity contribution is 6.07. The highest BCUT2D eigenvalue weighted by atomic mass is 16.5. The van der Waals surface area contributed by atoms with Crippen molar-refractivity contribution in [3.63, 3.8) is 0 Å². The number of amides is 1. The number of rotatable bonds is 13. The number of H-pyrrole nitrogens is 1. The van der Waals surface area contributed by atoms with Crippen molar-refractivity contribution in [2.75, 3.05) is 23.8 Å². The fourth-order valence-corrected chi connectivity index (χ4v) is 3.47. The van der Waals surface area contributed by atoms with E-state index in [1.165, 1.54) is 9.47 Å². The molecule has 0 atom stereocenters. The Labute approximate surface area is 195 Å². The van der Waals surface area contributed by atoms with Crippen LogP contribution in [0.3, 0.4) is 0 Å². The molecule has 8 heteroatoms. The molecule has 0 radical (unpaired) electrons. The predicted octanol–water partition coefficient (Wildman–Crippen LogP) is 4.18. The van der Waals surface area contributed by atoms with E-state index in [9.17, 15) is 14.4 Å². The lowest BCUT2D eigenvalue weighted by Gasteiger charge is -2.25. The molecule has 1 aromatic carbocycles. The summed E-state index contributed by atoms with van der Waals surface area (Å²) >= 11 is 0. The number of benzene rings is 1. The average Bonchev–Trinajstić information content (AvgIpc) is 2.78. The molecule has 8 nitrogen and oxygen atoms in total. The van der Waals surface area contributed by atoms with Crippen molar-refractivity contribution in [3.05, 3.63) is 50.7 Å². The molecule has 0 aliphatic rings. The number of carbonyl (C=O) groups excluding carboxylic acids is 1. The molecule has 1 amide bonds. The number of nitrogens with one attached hydrogen (secondary N) is 1. The number of nitrogens with two attached hydrogens (primary N) is 1. The fraction of sp³-hybridized carbons (Fsp3) is 0.560. The smallest absolute Gasteiger partial charge is 0.330 e. The molecule has 0 bridgehead atoms. The van der Waals surface area contributed by atoms with E-state index >= 15 is 0 Å². The van der Waals surface area contributed by atoms with Crippen molar-refractivity contribution in [1.29, 1.82) is 0 Å². The van der Waals surface area contributed by atoms with Gasteiger partial charge >= 0.3 is 5.69 Å². The number of hydrogen-bond acceptors (Lipinski definition) is 5. The van der Waals surface area contributed by atoms with Gasteiger partial charge in [0.2, 0.25) is 0 Å². The molecule has 0 aliphatic carbocycles. The summed E-state index contributed by atoms with van der Waals surface area (Å²) in [5.74, 6) is 0.684. The number of ether oxygens (including phenoxy) is 1. The highest BCUT2D eigenvalue weighted by Gasteiger charge is 2.25. The van der Waals surface area contributed by atoms with E-state index in [1.807, 2.05) is 20.8 Å². The third-order valence-corrected chi connectivity index (χ3v) is 5.51. The number of anilines is 2. The average molecular weight is 459 g/mol. The van der Waals surface area contributed by atoms with Crippen molar-refractivity contribution in [1.82, 2.24) is 9.55 Å². The van der Waals surface area contributed by atoms with Gasteiger partial charge in [-0.3, -0.25) is 19.1 Å². The number of aromatic amines is 1. The first kappa shape index (κ1) is 26.2. The quantitative estimate of drug-likeness (QED) is 0.438. The lowest BCUT2D eigenvalue weighted by molar-refractivity contribution is 0.0985. The maximum absolute atomic E-state index is 13.5. The summed E-state index contributed by atoms with van der Waals surface area (Å²) in [6.45, 7) is 9.55. The molecule has 2 rings (SSSR count). The van der Waals surface area contributed by atoms with E-state index in [0.29, 0.717) is 43.3 Å². The van der Waals surface area contributed by atoms with E-state index < -0.39 is 11.2 Å². The summed E-state index contributed by atoms with van der Waals surface area (Å²) in [6, 6.07) is 6.90. The first-order chi connectivity index (χ1) is 15.8. The molecule has 2 aromatic rings. The summed E-state index contributed by atoms with van der Waals surface area (Å²) in [5, 5.41) is 0. The lowest BCUT2D eigenvalue weighted by atomic mass is 10.1. The van der Waals surface area contributed by atoms with Crippen LogP contribution >= 0.6 is 0 Å². The zero-order valence-corrected chi connectivity index (χ0v) is 20.4. The standard InChI is InChI=1S/C25H38N4O4/c1-5-7-9-17-33-20-12-10-19(11-13-20)24(31)28(16-14-18(3)4)21-22(26)29(15-8-6-2)25(32)27-23(21)30/h10-13,18H,5-9,14-17,26H2,1-4H3,(H,27,30,32). The van der Waals surface area contributed by atoms with Crippen molar-refractivity contribution in [2.24, 2.45) is 5.92 Å². The molecule has 1 aromatic heterocycles. The van der Waals surface area contributed by atoms with Crippen LogP contribution in [0.15, 0.2) is 33.9 Å². The summed E-state index contributed by atoms with van der Waals surface area (Å²) < 4.78 is 7.07. The molecule has 1 heterocycles. The van der Waals surface area contributed by atoms with Crippen molar-refractivity contribution in [3.8, 4) is 5.75 Å². The van der Waals surface area contributed by atoms with E-state index in [-0.39, 0.29) is 17.4 Å². The van der Waals surface area contributed by atoms with Gasteiger partial charge in [0.1, 0.15) is 11.6 Å². The monoisotopic (exact) mass is 458 g/mol. The van der Waals surface area contributed by atoms with Crippen LogP contribution < -0.4 is 26.6 Å². The first-order valence-electron chi connectivity index (χ1n) is 12.0. The molecule has 0 unspecified atom stereocenters. The van der Waals surface area contributed by atoms with Crippen LogP contribution in [0.25, 0.3) is 0 Å². The molecule has 0 aliphatic heterocycles. The van der Waals surface area contributed by atoms with Gasteiger partial charge in [-0.15, -0.1) is 0 Å². The minimum atomic E-state index is -0.654. The van der Waals surface area contributed by atoms with E-state index in [4.69, 9.17) is 10.5 Å². The summed E-state index contributed by atoms with van der Waals surface area (Å²) in [7, 11) is 0.